The van der Waals surface area contributed by atoms with E-state index < -0.39 is 0 Å². The van der Waals surface area contributed by atoms with Crippen LogP contribution in [-0.4, -0.2) is 12.6 Å². The highest BCUT2D eigenvalue weighted by Crippen LogP contribution is 2.37. The van der Waals surface area contributed by atoms with Crippen molar-refractivity contribution in [2.45, 2.75) is 18.9 Å². The molecule has 1 saturated carbocycles. The van der Waals surface area contributed by atoms with E-state index in [0.717, 1.165) is 0 Å². The minimum Gasteiger partial charge on any atom is -0.489 e. The van der Waals surface area contributed by atoms with Crippen molar-refractivity contribution in [3.8, 4) is 5.75 Å². The highest BCUT2D eigenvalue weighted by Gasteiger charge is 2.29. The number of hydrogen-bond acceptors (Lipinski definition) is 2. The van der Waals surface area contributed by atoms with E-state index in [1.807, 2.05) is 0 Å². The summed E-state index contributed by atoms with van der Waals surface area (Å²) < 4.78 is 5.54. The number of hydrogen-bond donors (Lipinski definition) is 1. The van der Waals surface area contributed by atoms with Gasteiger partial charge in [0, 0.05) is 11.1 Å². The van der Waals surface area contributed by atoms with E-state index in [9.17, 15) is 0 Å². The van der Waals surface area contributed by atoms with Gasteiger partial charge in [-0.05, 0) is 30.9 Å². The second-order valence-electron chi connectivity index (χ2n) is 4.01. The van der Waals surface area contributed by atoms with Crippen LogP contribution in [0, 0.1) is 5.92 Å². The Morgan fingerprint density at radius 1 is 1.25 bits per heavy atom. The van der Waals surface area contributed by atoms with E-state index in [1.165, 1.54) is 12.8 Å². The molecule has 88 valence electrons. The van der Waals surface area contributed by atoms with Crippen LogP contribution in [-0.2, 0) is 0 Å². The van der Waals surface area contributed by atoms with Gasteiger partial charge in [-0.3, -0.25) is 0 Å². The topological polar surface area (TPSA) is 35.2 Å². The Bertz CT molecular complexity index is 370. The number of ether oxygens (including phenoxy) is 1. The minimum absolute atomic E-state index is 0.0582. The molecule has 2 N–H and O–H groups in total. The molecule has 0 heterocycles. The van der Waals surface area contributed by atoms with E-state index in [4.69, 9.17) is 45.3 Å². The van der Waals surface area contributed by atoms with Crippen LogP contribution in [0.25, 0.3) is 0 Å². The van der Waals surface area contributed by atoms with E-state index in [0.29, 0.717) is 33.3 Å². The van der Waals surface area contributed by atoms with Gasteiger partial charge in [-0.15, -0.1) is 0 Å². The first-order valence-corrected chi connectivity index (χ1v) is 6.24. The lowest BCUT2D eigenvalue weighted by atomic mass is 10.2. The summed E-state index contributed by atoms with van der Waals surface area (Å²) in [5.41, 5.74) is 5.92. The predicted molar refractivity (Wildman–Crippen MR) is 67.7 cm³/mol. The highest BCUT2D eigenvalue weighted by atomic mass is 35.5. The van der Waals surface area contributed by atoms with Crippen LogP contribution >= 0.6 is 34.8 Å². The van der Waals surface area contributed by atoms with Gasteiger partial charge in [0.05, 0.1) is 10.0 Å². The Morgan fingerprint density at radius 2 is 1.81 bits per heavy atom. The van der Waals surface area contributed by atoms with Crippen molar-refractivity contribution in [2.24, 2.45) is 11.7 Å². The number of rotatable bonds is 4. The van der Waals surface area contributed by atoms with Crippen molar-refractivity contribution >= 4 is 34.8 Å². The van der Waals surface area contributed by atoms with Gasteiger partial charge in [0.1, 0.15) is 6.61 Å². The molecule has 1 atom stereocenters. The molecular weight excluding hydrogens is 268 g/mol. The summed E-state index contributed by atoms with van der Waals surface area (Å²) in [5, 5.41) is 1.33. The molecule has 0 bridgehead atoms. The Morgan fingerprint density at radius 3 is 2.31 bits per heavy atom. The molecule has 1 aromatic rings. The van der Waals surface area contributed by atoms with Gasteiger partial charge in [0.15, 0.2) is 5.75 Å². The average Bonchev–Trinajstić information content (AvgIpc) is 2.98. The Balaban J connectivity index is 2.02. The summed E-state index contributed by atoms with van der Waals surface area (Å²) in [7, 11) is 0. The Hall–Kier alpha value is -0.150. The van der Waals surface area contributed by atoms with Crippen LogP contribution in [0.2, 0.25) is 15.1 Å². The third kappa shape index (κ3) is 2.95. The number of nitrogens with two attached hydrogens (primary N) is 1. The number of halogens is 3. The first kappa shape index (κ1) is 12.3. The quantitative estimate of drug-likeness (QED) is 0.911. The molecule has 2 rings (SSSR count). The van der Waals surface area contributed by atoms with Crippen LogP contribution in [0.15, 0.2) is 12.1 Å². The molecule has 0 radical (unpaired) electrons. The normalized spacial score (nSPS) is 17.2. The summed E-state index contributed by atoms with van der Waals surface area (Å²) in [5.74, 6) is 1.05. The smallest absolute Gasteiger partial charge is 0.156 e. The lowest BCUT2D eigenvalue weighted by molar-refractivity contribution is 0.276. The van der Waals surface area contributed by atoms with Gasteiger partial charge in [-0.2, -0.15) is 0 Å². The molecule has 0 amide bonds. The molecule has 0 aliphatic heterocycles. The maximum atomic E-state index is 5.98. The summed E-state index contributed by atoms with van der Waals surface area (Å²) in [6.07, 6.45) is 2.37. The third-order valence-electron chi connectivity index (χ3n) is 2.61. The molecule has 0 aromatic heterocycles. The van der Waals surface area contributed by atoms with Gasteiger partial charge < -0.3 is 10.5 Å². The minimum atomic E-state index is 0.0582. The van der Waals surface area contributed by atoms with Crippen LogP contribution in [0.4, 0.5) is 0 Å². The Labute approximate surface area is 110 Å². The fourth-order valence-electron chi connectivity index (χ4n) is 1.51. The van der Waals surface area contributed by atoms with Gasteiger partial charge in [-0.25, -0.2) is 0 Å². The van der Waals surface area contributed by atoms with E-state index in [-0.39, 0.29) is 6.04 Å². The van der Waals surface area contributed by atoms with Crippen LogP contribution in [0.1, 0.15) is 12.8 Å². The van der Waals surface area contributed by atoms with E-state index in [1.54, 1.807) is 12.1 Å². The molecule has 1 aliphatic rings. The van der Waals surface area contributed by atoms with Crippen molar-refractivity contribution in [2.75, 3.05) is 6.61 Å². The lowest BCUT2D eigenvalue weighted by Gasteiger charge is -2.14. The van der Waals surface area contributed by atoms with Gasteiger partial charge >= 0.3 is 0 Å². The second kappa shape index (κ2) is 5.01. The third-order valence-corrected chi connectivity index (χ3v) is 3.39. The monoisotopic (exact) mass is 279 g/mol. The van der Waals surface area contributed by atoms with Crippen LogP contribution in [0.3, 0.4) is 0 Å². The molecule has 2 nitrogen and oxygen atoms in total. The van der Waals surface area contributed by atoms with Crippen molar-refractivity contribution < 1.29 is 4.74 Å². The standard InChI is InChI=1S/C11H12Cl3NO/c12-7-3-8(13)11(9(14)4-7)16-5-10(15)6-1-2-6/h3-4,6,10H,1-2,5,15H2. The fraction of sp³-hybridized carbons (Fsp3) is 0.455. The number of benzene rings is 1. The largest absolute Gasteiger partial charge is 0.489 e. The van der Waals surface area contributed by atoms with Crippen LogP contribution in [0.5, 0.6) is 5.75 Å². The molecule has 16 heavy (non-hydrogen) atoms. The van der Waals surface area contributed by atoms with Gasteiger partial charge in [0.2, 0.25) is 0 Å². The summed E-state index contributed by atoms with van der Waals surface area (Å²) in [6, 6.07) is 3.27. The predicted octanol–water partition coefficient (Wildman–Crippen LogP) is 3.76. The maximum Gasteiger partial charge on any atom is 0.156 e. The van der Waals surface area contributed by atoms with Crippen molar-refractivity contribution in [1.29, 1.82) is 0 Å². The molecule has 0 saturated heterocycles. The summed E-state index contributed by atoms with van der Waals surface area (Å²) in [4.78, 5) is 0. The zero-order chi connectivity index (χ0) is 11.7. The van der Waals surface area contributed by atoms with E-state index >= 15 is 0 Å². The fourth-order valence-corrected chi connectivity index (χ4v) is 2.43. The molecule has 1 aromatic carbocycles. The summed E-state index contributed by atoms with van der Waals surface area (Å²) >= 11 is 17.8. The Kier molecular flexibility index (Phi) is 3.85. The molecule has 1 aliphatic carbocycles. The molecule has 1 unspecified atom stereocenters. The molecule has 1 fully saturated rings. The van der Waals surface area contributed by atoms with Gasteiger partial charge in [0.25, 0.3) is 0 Å². The van der Waals surface area contributed by atoms with Crippen molar-refractivity contribution in [1.82, 2.24) is 0 Å². The SMILES string of the molecule is NC(COc1c(Cl)cc(Cl)cc1Cl)C1CC1. The second-order valence-corrected chi connectivity index (χ2v) is 5.26. The zero-order valence-corrected chi connectivity index (χ0v) is 10.8. The highest BCUT2D eigenvalue weighted by molar-refractivity contribution is 6.40. The van der Waals surface area contributed by atoms with Crippen molar-refractivity contribution in [3.05, 3.63) is 27.2 Å². The molecule has 0 spiro atoms. The van der Waals surface area contributed by atoms with Crippen LogP contribution < -0.4 is 10.5 Å². The summed E-state index contributed by atoms with van der Waals surface area (Å²) in [6.45, 7) is 0.436. The zero-order valence-electron chi connectivity index (χ0n) is 8.55. The lowest BCUT2D eigenvalue weighted by Crippen LogP contribution is -2.29. The first-order chi connectivity index (χ1) is 7.58. The molecule has 5 heteroatoms. The average molecular weight is 281 g/mol. The van der Waals surface area contributed by atoms with E-state index in [2.05, 4.69) is 0 Å². The molecular formula is C11H12Cl3NO. The van der Waals surface area contributed by atoms with Gasteiger partial charge in [-0.1, -0.05) is 34.8 Å². The maximum absolute atomic E-state index is 5.98. The first-order valence-electron chi connectivity index (χ1n) is 5.11. The van der Waals surface area contributed by atoms with Crippen molar-refractivity contribution in [3.63, 3.8) is 0 Å².